The first-order chi connectivity index (χ1) is 34.5. The Hall–Kier alpha value is -3.15. The van der Waals surface area contributed by atoms with Crippen molar-refractivity contribution in [1.82, 2.24) is 0 Å². The lowest BCUT2D eigenvalue weighted by molar-refractivity contribution is -0.167. The van der Waals surface area contributed by atoms with Crippen molar-refractivity contribution in [2.45, 2.75) is 303 Å². The van der Waals surface area contributed by atoms with Crippen LogP contribution in [0.1, 0.15) is 297 Å². The van der Waals surface area contributed by atoms with Gasteiger partial charge in [-0.2, -0.15) is 0 Å². The Balaban J connectivity index is 4.36. The maximum Gasteiger partial charge on any atom is 0.306 e. The molecule has 0 spiro atoms. The second-order valence-electron chi connectivity index (χ2n) is 19.9. The van der Waals surface area contributed by atoms with Crippen LogP contribution in [-0.2, 0) is 28.6 Å². The highest BCUT2D eigenvalue weighted by molar-refractivity contribution is 5.71. The molecule has 0 bridgehead atoms. The van der Waals surface area contributed by atoms with E-state index in [4.69, 9.17) is 14.2 Å². The molecule has 0 saturated heterocycles. The Kier molecular flexibility index (Phi) is 55.8. The van der Waals surface area contributed by atoms with Crippen LogP contribution < -0.4 is 0 Å². The summed E-state index contributed by atoms with van der Waals surface area (Å²) >= 11 is 0. The van der Waals surface area contributed by atoms with Crippen molar-refractivity contribution >= 4 is 17.9 Å². The SMILES string of the molecule is CCCCC/C=C\C/C=C\C/C=C\CCCCCCCCC(=O)OC(COC(=O)CCCCCCC/C=C\CCCCC)COC(=O)CCCCCCCCCCC/C=C\C/C=C\CCCCCCC. The van der Waals surface area contributed by atoms with Crippen LogP contribution in [0.5, 0.6) is 0 Å². The first kappa shape index (κ1) is 66.9. The van der Waals surface area contributed by atoms with Crippen LogP contribution in [0.15, 0.2) is 72.9 Å². The molecular formula is C64H112O6. The van der Waals surface area contributed by atoms with Gasteiger partial charge in [0.15, 0.2) is 6.10 Å². The van der Waals surface area contributed by atoms with E-state index in [9.17, 15) is 14.4 Å². The molecule has 0 rings (SSSR count). The lowest BCUT2D eigenvalue weighted by Gasteiger charge is -2.18. The summed E-state index contributed by atoms with van der Waals surface area (Å²) in [5.41, 5.74) is 0. The molecule has 0 fully saturated rings. The summed E-state index contributed by atoms with van der Waals surface area (Å²) < 4.78 is 16.9. The Morgan fingerprint density at radius 1 is 0.286 bits per heavy atom. The van der Waals surface area contributed by atoms with E-state index in [0.717, 1.165) is 96.3 Å². The molecule has 70 heavy (non-hydrogen) atoms. The predicted molar refractivity (Wildman–Crippen MR) is 302 cm³/mol. The largest absolute Gasteiger partial charge is 0.462 e. The highest BCUT2D eigenvalue weighted by Crippen LogP contribution is 2.15. The van der Waals surface area contributed by atoms with E-state index in [1.54, 1.807) is 0 Å². The third kappa shape index (κ3) is 55.8. The third-order valence-corrected chi connectivity index (χ3v) is 12.9. The van der Waals surface area contributed by atoms with Crippen LogP contribution >= 0.6 is 0 Å². The van der Waals surface area contributed by atoms with Gasteiger partial charge in [0.1, 0.15) is 13.2 Å². The zero-order valence-electron chi connectivity index (χ0n) is 46.3. The molecule has 0 aliphatic rings. The molecule has 0 aromatic carbocycles. The minimum atomic E-state index is -0.788. The molecule has 0 radical (unpaired) electrons. The molecule has 0 aliphatic heterocycles. The summed E-state index contributed by atoms with van der Waals surface area (Å²) in [7, 11) is 0. The number of esters is 3. The van der Waals surface area contributed by atoms with Crippen molar-refractivity contribution in [3.8, 4) is 0 Å². The molecule has 0 aromatic heterocycles. The standard InChI is InChI=1S/C64H112O6/c1-4-7-10-13-16-19-22-25-27-29-31-32-34-35-37-39-42-45-48-51-54-57-63(66)69-60-61(59-68-62(65)56-53-50-47-44-41-24-21-18-15-12-9-6-3)70-64(67)58-55-52-49-46-43-40-38-36-33-30-28-26-23-20-17-14-11-8-5-2/h17-18,20-22,25-26,28-29,31,33,36,61H,4-16,19,23-24,27,30,32,34-35,37-60H2,1-3H3/b20-17-,21-18-,25-22-,28-26-,31-29-,36-33-. The maximum atomic E-state index is 12.9. The summed E-state index contributed by atoms with van der Waals surface area (Å²) in [5, 5.41) is 0. The quantitative estimate of drug-likeness (QED) is 0.0261. The Bertz CT molecular complexity index is 1310. The fourth-order valence-electron chi connectivity index (χ4n) is 8.36. The van der Waals surface area contributed by atoms with Gasteiger partial charge in [-0.1, -0.05) is 235 Å². The maximum absolute atomic E-state index is 12.9. The van der Waals surface area contributed by atoms with Crippen LogP contribution in [0.3, 0.4) is 0 Å². The number of unbranched alkanes of at least 4 members (excludes halogenated alkanes) is 31. The first-order valence-electron chi connectivity index (χ1n) is 29.9. The van der Waals surface area contributed by atoms with Gasteiger partial charge in [0.2, 0.25) is 0 Å². The number of rotatable bonds is 54. The van der Waals surface area contributed by atoms with Gasteiger partial charge in [0, 0.05) is 19.3 Å². The molecule has 6 heteroatoms. The van der Waals surface area contributed by atoms with Crippen LogP contribution in [0.4, 0.5) is 0 Å². The summed E-state index contributed by atoms with van der Waals surface area (Å²) in [6, 6.07) is 0. The fraction of sp³-hybridized carbons (Fsp3) is 0.766. The Morgan fingerprint density at radius 3 is 0.843 bits per heavy atom. The molecule has 0 N–H and O–H groups in total. The van der Waals surface area contributed by atoms with Crippen molar-refractivity contribution in [2.24, 2.45) is 0 Å². The average Bonchev–Trinajstić information content (AvgIpc) is 3.36. The molecule has 0 heterocycles. The van der Waals surface area contributed by atoms with Crippen LogP contribution in [0.2, 0.25) is 0 Å². The molecule has 0 aromatic rings. The van der Waals surface area contributed by atoms with Crippen LogP contribution in [-0.4, -0.2) is 37.2 Å². The number of carbonyl (C=O) groups is 3. The van der Waals surface area contributed by atoms with Crippen molar-refractivity contribution < 1.29 is 28.6 Å². The second-order valence-corrected chi connectivity index (χ2v) is 19.9. The van der Waals surface area contributed by atoms with Crippen molar-refractivity contribution in [3.63, 3.8) is 0 Å². The number of allylic oxidation sites excluding steroid dienone is 12. The highest BCUT2D eigenvalue weighted by Gasteiger charge is 2.19. The van der Waals surface area contributed by atoms with Gasteiger partial charge in [-0.05, 0) is 116 Å². The molecule has 0 saturated carbocycles. The molecule has 6 nitrogen and oxygen atoms in total. The molecule has 404 valence electrons. The Morgan fingerprint density at radius 2 is 0.514 bits per heavy atom. The molecule has 0 amide bonds. The van der Waals surface area contributed by atoms with Crippen molar-refractivity contribution in [2.75, 3.05) is 13.2 Å². The summed E-state index contributed by atoms with van der Waals surface area (Å²) in [6.07, 6.45) is 74.6. The summed E-state index contributed by atoms with van der Waals surface area (Å²) in [5.74, 6) is -0.902. The second kappa shape index (κ2) is 58.4. The van der Waals surface area contributed by atoms with Gasteiger partial charge in [-0.3, -0.25) is 14.4 Å². The number of hydrogen-bond acceptors (Lipinski definition) is 6. The van der Waals surface area contributed by atoms with E-state index in [1.807, 2.05) is 0 Å². The van der Waals surface area contributed by atoms with E-state index in [2.05, 4.69) is 93.7 Å². The monoisotopic (exact) mass is 977 g/mol. The number of hydrogen-bond donors (Lipinski definition) is 0. The average molecular weight is 978 g/mol. The first-order valence-corrected chi connectivity index (χ1v) is 29.9. The predicted octanol–water partition coefficient (Wildman–Crippen LogP) is 20.2. The lowest BCUT2D eigenvalue weighted by atomic mass is 10.1. The molecular weight excluding hydrogens is 865 g/mol. The van der Waals surface area contributed by atoms with E-state index in [1.165, 1.54) is 161 Å². The minimum Gasteiger partial charge on any atom is -0.462 e. The molecule has 0 aliphatic carbocycles. The number of ether oxygens (including phenoxy) is 3. The zero-order chi connectivity index (χ0) is 50.7. The van der Waals surface area contributed by atoms with Crippen LogP contribution in [0, 0.1) is 0 Å². The van der Waals surface area contributed by atoms with E-state index in [-0.39, 0.29) is 31.1 Å². The lowest BCUT2D eigenvalue weighted by Crippen LogP contribution is -2.30. The van der Waals surface area contributed by atoms with Gasteiger partial charge in [-0.15, -0.1) is 0 Å². The van der Waals surface area contributed by atoms with Gasteiger partial charge in [0.05, 0.1) is 0 Å². The summed E-state index contributed by atoms with van der Waals surface area (Å²) in [4.78, 5) is 38.2. The van der Waals surface area contributed by atoms with E-state index < -0.39 is 6.10 Å². The zero-order valence-corrected chi connectivity index (χ0v) is 46.3. The normalized spacial score (nSPS) is 12.6. The fourth-order valence-corrected chi connectivity index (χ4v) is 8.36. The molecule has 1 atom stereocenters. The van der Waals surface area contributed by atoms with Crippen molar-refractivity contribution in [3.05, 3.63) is 72.9 Å². The molecule has 1 unspecified atom stereocenters. The van der Waals surface area contributed by atoms with E-state index >= 15 is 0 Å². The number of carbonyl (C=O) groups excluding carboxylic acids is 3. The van der Waals surface area contributed by atoms with Crippen LogP contribution in [0.25, 0.3) is 0 Å². The Labute approximate surface area is 433 Å². The third-order valence-electron chi connectivity index (χ3n) is 12.9. The topological polar surface area (TPSA) is 78.9 Å². The van der Waals surface area contributed by atoms with Gasteiger partial charge in [0.25, 0.3) is 0 Å². The van der Waals surface area contributed by atoms with Gasteiger partial charge < -0.3 is 14.2 Å². The highest BCUT2D eigenvalue weighted by atomic mass is 16.6. The summed E-state index contributed by atoms with van der Waals surface area (Å²) in [6.45, 7) is 6.58. The van der Waals surface area contributed by atoms with Gasteiger partial charge >= 0.3 is 17.9 Å². The van der Waals surface area contributed by atoms with E-state index in [0.29, 0.717) is 19.3 Å². The minimum absolute atomic E-state index is 0.0851. The van der Waals surface area contributed by atoms with Crippen molar-refractivity contribution in [1.29, 1.82) is 0 Å². The van der Waals surface area contributed by atoms with Gasteiger partial charge in [-0.25, -0.2) is 0 Å². The smallest absolute Gasteiger partial charge is 0.306 e.